The average molecular weight is 663 g/mol. The van der Waals surface area contributed by atoms with Crippen molar-refractivity contribution in [1.82, 2.24) is 0 Å². The molecule has 244 valence electrons. The van der Waals surface area contributed by atoms with E-state index in [1.807, 2.05) is 0 Å². The second-order valence-corrected chi connectivity index (χ2v) is 14.8. The molecule has 52 heavy (non-hydrogen) atoms. The molecule has 10 aromatic rings. The van der Waals surface area contributed by atoms with Gasteiger partial charge in [-0.2, -0.15) is 0 Å². The molecular formula is C51H34O. The van der Waals surface area contributed by atoms with E-state index < -0.39 is 0 Å². The quantitative estimate of drug-likeness (QED) is 0.172. The maximum atomic E-state index is 6.64. The van der Waals surface area contributed by atoms with Crippen molar-refractivity contribution in [3.05, 3.63) is 181 Å². The summed E-state index contributed by atoms with van der Waals surface area (Å²) in [4.78, 5) is 0. The van der Waals surface area contributed by atoms with Crippen LogP contribution in [0.15, 0.2) is 174 Å². The zero-order valence-electron chi connectivity index (χ0n) is 29.1. The van der Waals surface area contributed by atoms with Crippen molar-refractivity contribution >= 4 is 54.3 Å². The van der Waals surface area contributed by atoms with Crippen LogP contribution in [0.1, 0.15) is 25.0 Å². The number of hydrogen-bond donors (Lipinski definition) is 0. The van der Waals surface area contributed by atoms with Gasteiger partial charge in [-0.25, -0.2) is 0 Å². The molecule has 0 unspecified atom stereocenters. The predicted octanol–water partition coefficient (Wildman–Crippen LogP) is 14.4. The monoisotopic (exact) mass is 662 g/mol. The van der Waals surface area contributed by atoms with Crippen LogP contribution in [0.25, 0.3) is 98.8 Å². The summed E-state index contributed by atoms with van der Waals surface area (Å²) in [5.74, 6) is 0. The fraction of sp³-hybridized carbons (Fsp3) is 0.0588. The van der Waals surface area contributed by atoms with Gasteiger partial charge in [0.2, 0.25) is 0 Å². The molecule has 0 fully saturated rings. The smallest absolute Gasteiger partial charge is 0.143 e. The van der Waals surface area contributed by atoms with E-state index >= 15 is 0 Å². The van der Waals surface area contributed by atoms with Crippen LogP contribution in [0.2, 0.25) is 0 Å². The number of hydrogen-bond acceptors (Lipinski definition) is 1. The molecule has 0 N–H and O–H groups in total. The Hall–Kier alpha value is -6.44. The molecule has 1 heterocycles. The fourth-order valence-corrected chi connectivity index (χ4v) is 9.37. The minimum atomic E-state index is -0.226. The van der Waals surface area contributed by atoms with Crippen LogP contribution in [0.4, 0.5) is 0 Å². The molecule has 0 bridgehead atoms. The zero-order chi connectivity index (χ0) is 34.6. The van der Waals surface area contributed by atoms with Crippen LogP contribution in [-0.2, 0) is 5.41 Å². The number of fused-ring (bicyclic) bond motifs is 12. The first-order valence-corrected chi connectivity index (χ1v) is 18.2. The van der Waals surface area contributed by atoms with Crippen molar-refractivity contribution in [1.29, 1.82) is 0 Å². The lowest BCUT2D eigenvalue weighted by molar-refractivity contribution is 0.664. The molecular weight excluding hydrogens is 629 g/mol. The van der Waals surface area contributed by atoms with Gasteiger partial charge < -0.3 is 4.42 Å². The summed E-state index contributed by atoms with van der Waals surface area (Å²) in [6.07, 6.45) is 0. The van der Waals surface area contributed by atoms with Crippen molar-refractivity contribution in [3.63, 3.8) is 0 Å². The van der Waals surface area contributed by atoms with E-state index in [4.69, 9.17) is 4.42 Å². The first kappa shape index (κ1) is 29.3. The maximum absolute atomic E-state index is 6.64. The molecule has 1 aliphatic rings. The largest absolute Gasteiger partial charge is 0.455 e. The van der Waals surface area contributed by atoms with Crippen molar-refractivity contribution in [2.75, 3.05) is 0 Å². The molecule has 0 aliphatic heterocycles. The first-order valence-electron chi connectivity index (χ1n) is 18.2. The normalized spacial score (nSPS) is 13.3. The molecule has 0 radical (unpaired) electrons. The van der Waals surface area contributed by atoms with E-state index in [9.17, 15) is 0 Å². The Morgan fingerprint density at radius 3 is 1.58 bits per heavy atom. The molecule has 0 amide bonds. The first-order chi connectivity index (χ1) is 25.6. The van der Waals surface area contributed by atoms with Crippen LogP contribution in [0.3, 0.4) is 0 Å². The van der Waals surface area contributed by atoms with E-state index in [0.29, 0.717) is 0 Å². The van der Waals surface area contributed by atoms with Crippen molar-refractivity contribution in [2.45, 2.75) is 19.3 Å². The molecule has 1 nitrogen and oxygen atoms in total. The minimum Gasteiger partial charge on any atom is -0.455 e. The summed E-state index contributed by atoms with van der Waals surface area (Å²) >= 11 is 0. The maximum Gasteiger partial charge on any atom is 0.143 e. The third-order valence-corrected chi connectivity index (χ3v) is 11.6. The Bertz CT molecular complexity index is 3030. The van der Waals surface area contributed by atoms with Gasteiger partial charge in [0, 0.05) is 21.6 Å². The number of furan rings is 1. The molecule has 9 aromatic carbocycles. The van der Waals surface area contributed by atoms with E-state index in [1.54, 1.807) is 0 Å². The van der Waals surface area contributed by atoms with Gasteiger partial charge in [0.25, 0.3) is 0 Å². The molecule has 0 saturated carbocycles. The van der Waals surface area contributed by atoms with Gasteiger partial charge in [0.1, 0.15) is 11.2 Å². The predicted molar refractivity (Wildman–Crippen MR) is 220 cm³/mol. The van der Waals surface area contributed by atoms with Crippen molar-refractivity contribution < 1.29 is 4.42 Å². The van der Waals surface area contributed by atoms with E-state index in [1.165, 1.54) is 98.7 Å². The molecule has 0 atom stereocenters. The van der Waals surface area contributed by atoms with Gasteiger partial charge >= 0.3 is 0 Å². The van der Waals surface area contributed by atoms with Crippen molar-refractivity contribution in [3.8, 4) is 44.5 Å². The van der Waals surface area contributed by atoms with Gasteiger partial charge in [-0.1, -0.05) is 166 Å². The van der Waals surface area contributed by atoms with Gasteiger partial charge in [0.15, 0.2) is 0 Å². The lowest BCUT2D eigenvalue weighted by Gasteiger charge is -2.24. The number of para-hydroxylation sites is 1. The second-order valence-electron chi connectivity index (χ2n) is 14.8. The number of benzene rings is 9. The molecule has 0 saturated heterocycles. The second kappa shape index (κ2) is 10.8. The molecule has 1 aliphatic carbocycles. The van der Waals surface area contributed by atoms with Crippen LogP contribution in [0.5, 0.6) is 0 Å². The van der Waals surface area contributed by atoms with Crippen molar-refractivity contribution in [2.24, 2.45) is 0 Å². The van der Waals surface area contributed by atoms with Crippen LogP contribution in [-0.4, -0.2) is 0 Å². The lowest BCUT2D eigenvalue weighted by atomic mass is 9.78. The highest BCUT2D eigenvalue weighted by molar-refractivity contribution is 6.25. The standard InChI is InChI=1S/C51H34O/c1-51(2)43-30-34(27-28-41(43)47-48-42-25-12-13-26-44(42)52-50(48)40-24-11-10-23-39(40)49(47)51)46-37-21-8-6-19-35(37)45(36-20-7-9-22-38(36)46)33-18-14-17-32(29-33)31-15-4-3-5-16-31/h3-30H,1-2H3. The van der Waals surface area contributed by atoms with E-state index in [0.717, 1.165) is 11.2 Å². The summed E-state index contributed by atoms with van der Waals surface area (Å²) in [5, 5.41) is 9.91. The van der Waals surface area contributed by atoms with Crippen LogP contribution < -0.4 is 0 Å². The van der Waals surface area contributed by atoms with Crippen LogP contribution >= 0.6 is 0 Å². The van der Waals surface area contributed by atoms with Gasteiger partial charge in [0.05, 0.1) is 0 Å². The fourth-order valence-electron chi connectivity index (χ4n) is 9.37. The molecule has 1 aromatic heterocycles. The Morgan fingerprint density at radius 2 is 0.904 bits per heavy atom. The Labute approximate surface area is 302 Å². The average Bonchev–Trinajstić information content (AvgIpc) is 3.70. The number of rotatable bonds is 3. The summed E-state index contributed by atoms with van der Waals surface area (Å²) < 4.78 is 6.64. The molecule has 11 rings (SSSR count). The van der Waals surface area contributed by atoms with Crippen LogP contribution in [0, 0.1) is 0 Å². The Balaban J connectivity index is 1.19. The van der Waals surface area contributed by atoms with E-state index in [2.05, 4.69) is 184 Å². The van der Waals surface area contributed by atoms with Gasteiger partial charge in [-0.15, -0.1) is 0 Å². The molecule has 1 heteroatoms. The third-order valence-electron chi connectivity index (χ3n) is 11.6. The highest BCUT2D eigenvalue weighted by Crippen LogP contribution is 2.57. The highest BCUT2D eigenvalue weighted by Gasteiger charge is 2.40. The Kier molecular flexibility index (Phi) is 6.08. The highest BCUT2D eigenvalue weighted by atomic mass is 16.3. The summed E-state index contributed by atoms with van der Waals surface area (Å²) in [6, 6.07) is 62.2. The zero-order valence-corrected chi connectivity index (χ0v) is 29.1. The summed E-state index contributed by atoms with van der Waals surface area (Å²) in [5.41, 5.74) is 14.5. The Morgan fingerprint density at radius 1 is 0.385 bits per heavy atom. The lowest BCUT2D eigenvalue weighted by Crippen LogP contribution is -2.15. The van der Waals surface area contributed by atoms with E-state index in [-0.39, 0.29) is 5.41 Å². The topological polar surface area (TPSA) is 13.1 Å². The SMILES string of the molecule is CC1(C)c2cc(-c3c4ccccc4c(-c4cccc(-c5ccccc5)c4)c4ccccc34)ccc2-c2c1c1ccccc1c1oc3ccccc3c21. The summed E-state index contributed by atoms with van der Waals surface area (Å²) in [7, 11) is 0. The minimum absolute atomic E-state index is 0.226. The third kappa shape index (κ3) is 3.99. The van der Waals surface area contributed by atoms with Gasteiger partial charge in [-0.3, -0.25) is 0 Å². The summed E-state index contributed by atoms with van der Waals surface area (Å²) in [6.45, 7) is 4.81. The molecule has 0 spiro atoms. The van der Waals surface area contributed by atoms with Gasteiger partial charge in [-0.05, 0) is 101 Å².